The minimum atomic E-state index is -1.04. The molecular weight excluding hydrogens is 256 g/mol. The van der Waals surface area contributed by atoms with Crippen LogP contribution >= 0.6 is 0 Å². The second-order valence-electron chi connectivity index (χ2n) is 4.44. The molecular formula is C15H12N2O3. The minimum Gasteiger partial charge on any atom is -0.478 e. The molecule has 1 heterocycles. The lowest BCUT2D eigenvalue weighted by Gasteiger charge is -2.06. The highest BCUT2D eigenvalue weighted by Crippen LogP contribution is 2.23. The number of nitrogens with zero attached hydrogens (tertiary/aromatic N) is 1. The molecule has 3 aromatic rings. The predicted molar refractivity (Wildman–Crippen MR) is 73.6 cm³/mol. The summed E-state index contributed by atoms with van der Waals surface area (Å²) in [5, 5.41) is 19.4. The van der Waals surface area contributed by atoms with Crippen molar-refractivity contribution in [3.8, 4) is 0 Å². The summed E-state index contributed by atoms with van der Waals surface area (Å²) in [5.74, 6) is -0.706. The molecule has 5 nitrogen and oxygen atoms in total. The lowest BCUT2D eigenvalue weighted by molar-refractivity contribution is 0.0699. The molecule has 1 unspecified atom stereocenters. The van der Waals surface area contributed by atoms with Crippen molar-refractivity contribution in [3.63, 3.8) is 0 Å². The number of hydrogen-bond donors (Lipinski definition) is 3. The van der Waals surface area contributed by atoms with Crippen LogP contribution in [0.4, 0.5) is 0 Å². The van der Waals surface area contributed by atoms with Gasteiger partial charge in [-0.05, 0) is 17.7 Å². The van der Waals surface area contributed by atoms with Gasteiger partial charge in [0.2, 0.25) is 0 Å². The van der Waals surface area contributed by atoms with E-state index in [9.17, 15) is 9.90 Å². The molecule has 3 rings (SSSR count). The Labute approximate surface area is 114 Å². The van der Waals surface area contributed by atoms with Crippen molar-refractivity contribution in [1.82, 2.24) is 9.97 Å². The zero-order valence-electron chi connectivity index (χ0n) is 10.4. The highest BCUT2D eigenvalue weighted by molar-refractivity contribution is 6.00. The Morgan fingerprint density at radius 2 is 1.85 bits per heavy atom. The number of carbonyl (C=O) groups is 1. The van der Waals surface area contributed by atoms with E-state index in [1.54, 1.807) is 24.3 Å². The number of imidazole rings is 1. The van der Waals surface area contributed by atoms with Crippen molar-refractivity contribution < 1.29 is 15.0 Å². The molecule has 3 N–H and O–H groups in total. The fourth-order valence-electron chi connectivity index (χ4n) is 2.15. The second-order valence-corrected chi connectivity index (χ2v) is 4.44. The molecule has 0 radical (unpaired) electrons. The maximum atomic E-state index is 11.1. The maximum Gasteiger partial charge on any atom is 0.337 e. The summed E-state index contributed by atoms with van der Waals surface area (Å²) >= 11 is 0. The van der Waals surface area contributed by atoms with Crippen LogP contribution in [0.15, 0.2) is 48.5 Å². The average Bonchev–Trinajstić information content (AvgIpc) is 2.90. The van der Waals surface area contributed by atoms with Crippen molar-refractivity contribution in [2.24, 2.45) is 0 Å². The summed E-state index contributed by atoms with van der Waals surface area (Å²) in [6.07, 6.45) is -0.912. The average molecular weight is 268 g/mol. The summed E-state index contributed by atoms with van der Waals surface area (Å²) in [7, 11) is 0. The number of para-hydroxylation sites is 1. The Hall–Kier alpha value is -2.66. The molecule has 0 bridgehead atoms. The van der Waals surface area contributed by atoms with Gasteiger partial charge in [-0.2, -0.15) is 0 Å². The van der Waals surface area contributed by atoms with Crippen molar-refractivity contribution >= 4 is 17.0 Å². The Bertz CT molecular complexity index is 765. The van der Waals surface area contributed by atoms with Crippen molar-refractivity contribution in [2.75, 3.05) is 0 Å². The zero-order valence-corrected chi connectivity index (χ0v) is 10.4. The van der Waals surface area contributed by atoms with Crippen LogP contribution in [0.5, 0.6) is 0 Å². The summed E-state index contributed by atoms with van der Waals surface area (Å²) in [5.41, 5.74) is 1.76. The Morgan fingerprint density at radius 1 is 1.10 bits per heavy atom. The second kappa shape index (κ2) is 4.79. The van der Waals surface area contributed by atoms with Crippen molar-refractivity contribution in [2.45, 2.75) is 6.10 Å². The van der Waals surface area contributed by atoms with Crippen LogP contribution in [0.2, 0.25) is 0 Å². The molecule has 2 aromatic carbocycles. The van der Waals surface area contributed by atoms with Gasteiger partial charge in [0.1, 0.15) is 17.4 Å². The van der Waals surface area contributed by atoms with Gasteiger partial charge < -0.3 is 15.2 Å². The summed E-state index contributed by atoms with van der Waals surface area (Å²) in [4.78, 5) is 18.3. The van der Waals surface area contributed by atoms with E-state index in [4.69, 9.17) is 5.11 Å². The Kier molecular flexibility index (Phi) is 2.96. The van der Waals surface area contributed by atoms with E-state index in [1.807, 2.05) is 18.2 Å². The highest BCUT2D eigenvalue weighted by Gasteiger charge is 2.17. The minimum absolute atomic E-state index is 0.116. The first kappa shape index (κ1) is 12.4. The summed E-state index contributed by atoms with van der Waals surface area (Å²) in [6, 6.07) is 13.9. The van der Waals surface area contributed by atoms with Gasteiger partial charge in [0.05, 0.1) is 11.1 Å². The van der Waals surface area contributed by atoms with Crippen LogP contribution in [0.25, 0.3) is 11.0 Å². The van der Waals surface area contributed by atoms with E-state index in [0.717, 1.165) is 0 Å². The van der Waals surface area contributed by atoms with Gasteiger partial charge in [-0.3, -0.25) is 0 Å². The molecule has 0 saturated carbocycles. The molecule has 0 amide bonds. The van der Waals surface area contributed by atoms with Gasteiger partial charge in [-0.1, -0.05) is 36.4 Å². The molecule has 0 aliphatic heterocycles. The van der Waals surface area contributed by atoms with Gasteiger partial charge in [0, 0.05) is 0 Å². The Balaban J connectivity index is 2.10. The molecule has 5 heteroatoms. The smallest absolute Gasteiger partial charge is 0.337 e. The third kappa shape index (κ3) is 2.04. The lowest BCUT2D eigenvalue weighted by Crippen LogP contribution is -2.01. The SMILES string of the molecule is O=C(O)c1cccc2[nH]c(C(O)c3ccccc3)nc12. The van der Waals surface area contributed by atoms with E-state index in [2.05, 4.69) is 9.97 Å². The van der Waals surface area contributed by atoms with Crippen molar-refractivity contribution in [1.29, 1.82) is 0 Å². The first-order valence-electron chi connectivity index (χ1n) is 6.12. The number of aliphatic hydroxyl groups is 1. The number of benzene rings is 2. The van der Waals surface area contributed by atoms with Gasteiger partial charge >= 0.3 is 5.97 Å². The van der Waals surface area contributed by atoms with E-state index in [-0.39, 0.29) is 5.56 Å². The van der Waals surface area contributed by atoms with Crippen LogP contribution < -0.4 is 0 Å². The number of aromatic carboxylic acids is 1. The number of carboxylic acids is 1. The molecule has 0 aliphatic rings. The zero-order chi connectivity index (χ0) is 14.1. The number of H-pyrrole nitrogens is 1. The van der Waals surface area contributed by atoms with Gasteiger partial charge in [-0.15, -0.1) is 0 Å². The van der Waals surface area contributed by atoms with Gasteiger partial charge in [0.25, 0.3) is 0 Å². The normalized spacial score (nSPS) is 12.4. The molecule has 20 heavy (non-hydrogen) atoms. The predicted octanol–water partition coefficient (Wildman–Crippen LogP) is 2.34. The molecule has 0 aliphatic carbocycles. The van der Waals surface area contributed by atoms with E-state index in [0.29, 0.717) is 22.4 Å². The fraction of sp³-hybridized carbons (Fsp3) is 0.0667. The van der Waals surface area contributed by atoms with E-state index in [1.165, 1.54) is 6.07 Å². The number of nitrogens with one attached hydrogen (secondary N) is 1. The van der Waals surface area contributed by atoms with Gasteiger partial charge in [-0.25, -0.2) is 9.78 Å². The maximum absolute atomic E-state index is 11.1. The molecule has 1 aromatic heterocycles. The standard InChI is InChI=1S/C15H12N2O3/c18-13(9-5-2-1-3-6-9)14-16-11-8-4-7-10(15(19)20)12(11)17-14/h1-8,13,18H,(H,16,17)(H,19,20). The van der Waals surface area contributed by atoms with E-state index >= 15 is 0 Å². The van der Waals surface area contributed by atoms with Crippen LogP contribution in [0.1, 0.15) is 27.8 Å². The van der Waals surface area contributed by atoms with Gasteiger partial charge in [0.15, 0.2) is 0 Å². The number of carboxylic acid groups (broad SMARTS) is 1. The molecule has 1 atom stereocenters. The monoisotopic (exact) mass is 268 g/mol. The quantitative estimate of drug-likeness (QED) is 0.680. The van der Waals surface area contributed by atoms with Crippen LogP contribution in [-0.2, 0) is 0 Å². The number of aromatic amines is 1. The highest BCUT2D eigenvalue weighted by atomic mass is 16.4. The molecule has 100 valence electrons. The number of fused-ring (bicyclic) bond motifs is 1. The lowest BCUT2D eigenvalue weighted by atomic mass is 10.1. The number of hydrogen-bond acceptors (Lipinski definition) is 3. The van der Waals surface area contributed by atoms with Crippen molar-refractivity contribution in [3.05, 3.63) is 65.5 Å². The summed E-state index contributed by atoms with van der Waals surface area (Å²) < 4.78 is 0. The van der Waals surface area contributed by atoms with Crippen LogP contribution in [0.3, 0.4) is 0 Å². The number of rotatable bonds is 3. The molecule has 0 saturated heterocycles. The Morgan fingerprint density at radius 3 is 2.55 bits per heavy atom. The first-order valence-corrected chi connectivity index (χ1v) is 6.12. The van der Waals surface area contributed by atoms with E-state index < -0.39 is 12.1 Å². The largest absolute Gasteiger partial charge is 0.478 e. The number of aromatic nitrogens is 2. The van der Waals surface area contributed by atoms with Crippen LogP contribution in [-0.4, -0.2) is 26.2 Å². The third-order valence-corrected chi connectivity index (χ3v) is 3.14. The number of aliphatic hydroxyl groups excluding tert-OH is 1. The fourth-order valence-corrected chi connectivity index (χ4v) is 2.15. The first-order chi connectivity index (χ1) is 9.66. The summed E-state index contributed by atoms with van der Waals surface area (Å²) in [6.45, 7) is 0. The third-order valence-electron chi connectivity index (χ3n) is 3.14. The molecule has 0 fully saturated rings. The van der Waals surface area contributed by atoms with Crippen LogP contribution in [0, 0.1) is 0 Å². The molecule has 0 spiro atoms. The topological polar surface area (TPSA) is 86.2 Å².